The lowest BCUT2D eigenvalue weighted by Gasteiger charge is -2.22. The number of aryl methyl sites for hydroxylation is 1. The molecule has 0 amide bonds. The Morgan fingerprint density at radius 2 is 1.72 bits per heavy atom. The van der Waals surface area contributed by atoms with Crippen LogP contribution < -0.4 is 23.7 Å². The molecule has 39 heavy (non-hydrogen) atoms. The number of alkyl halides is 3. The van der Waals surface area contributed by atoms with Gasteiger partial charge in [0, 0.05) is 29.4 Å². The lowest BCUT2D eigenvalue weighted by atomic mass is 10.2. The summed E-state index contributed by atoms with van der Waals surface area (Å²) in [6, 6.07) is 14.2. The molecule has 2 aromatic heterocycles. The Hall–Kier alpha value is -4.75. The van der Waals surface area contributed by atoms with Crippen LogP contribution in [0.2, 0.25) is 0 Å². The molecule has 0 N–H and O–H groups in total. The second-order valence-electron chi connectivity index (χ2n) is 8.39. The Labute approximate surface area is 218 Å². The van der Waals surface area contributed by atoms with Gasteiger partial charge in [-0.05, 0) is 53.5 Å². The van der Waals surface area contributed by atoms with Gasteiger partial charge in [-0.1, -0.05) is 0 Å². The number of ether oxygens (including phenoxy) is 5. The maximum absolute atomic E-state index is 12.2. The van der Waals surface area contributed by atoms with Crippen molar-refractivity contribution in [3.05, 3.63) is 70.9 Å². The van der Waals surface area contributed by atoms with Crippen molar-refractivity contribution in [3.63, 3.8) is 0 Å². The summed E-state index contributed by atoms with van der Waals surface area (Å²) in [5.41, 5.74) is 0.685. The zero-order valence-electron chi connectivity index (χ0n) is 20.2. The van der Waals surface area contributed by atoms with E-state index in [-0.39, 0.29) is 43.5 Å². The highest BCUT2D eigenvalue weighted by Gasteiger charge is 2.31. The van der Waals surface area contributed by atoms with E-state index >= 15 is 0 Å². The normalized spacial score (nSPS) is 14.8. The minimum Gasteiger partial charge on any atom is -0.490 e. The molecule has 204 valence electrons. The largest absolute Gasteiger partial charge is 0.573 e. The van der Waals surface area contributed by atoms with E-state index in [1.54, 1.807) is 22.8 Å². The number of halogens is 3. The molecule has 0 spiro atoms. The van der Waals surface area contributed by atoms with Crippen molar-refractivity contribution < 1.29 is 41.8 Å². The van der Waals surface area contributed by atoms with Crippen LogP contribution in [0.3, 0.4) is 0 Å². The number of fused-ring (bicyclic) bond motifs is 2. The van der Waals surface area contributed by atoms with E-state index in [0.717, 1.165) is 17.5 Å². The highest BCUT2D eigenvalue weighted by molar-refractivity contribution is 5.80. The van der Waals surface area contributed by atoms with Crippen molar-refractivity contribution >= 4 is 16.7 Å². The van der Waals surface area contributed by atoms with Gasteiger partial charge in [-0.3, -0.25) is 4.57 Å². The van der Waals surface area contributed by atoms with Gasteiger partial charge in [-0.25, -0.2) is 4.98 Å². The van der Waals surface area contributed by atoms with Crippen LogP contribution in [0.5, 0.6) is 29.1 Å². The molecular formula is C25H21F3N4O7. The third-order valence-electron chi connectivity index (χ3n) is 5.61. The van der Waals surface area contributed by atoms with Gasteiger partial charge in [-0.2, -0.15) is 0 Å². The fourth-order valence-corrected chi connectivity index (χ4v) is 3.82. The van der Waals surface area contributed by atoms with Gasteiger partial charge in [0.05, 0.1) is 5.52 Å². The molecule has 0 saturated carbocycles. The van der Waals surface area contributed by atoms with Crippen LogP contribution in [-0.4, -0.2) is 51.7 Å². The SMILES string of the molecule is O=[N+]([O-])c1cn2c(n1)OC(COc1ccc3nc(OCCOc4ccc(OC(F)(F)F)cc4)ccc3c1)CC2. The monoisotopic (exact) mass is 546 g/mol. The number of pyridine rings is 1. The summed E-state index contributed by atoms with van der Waals surface area (Å²) in [5, 5.41) is 11.7. The highest BCUT2D eigenvalue weighted by atomic mass is 19.4. The Bertz CT molecular complexity index is 1460. The maximum Gasteiger partial charge on any atom is 0.573 e. The van der Waals surface area contributed by atoms with Crippen LogP contribution >= 0.6 is 0 Å². The molecule has 3 heterocycles. The minimum absolute atomic E-state index is 0.156. The zero-order chi connectivity index (χ0) is 27.4. The summed E-state index contributed by atoms with van der Waals surface area (Å²) in [7, 11) is 0. The molecular weight excluding hydrogens is 525 g/mol. The second kappa shape index (κ2) is 10.9. The summed E-state index contributed by atoms with van der Waals surface area (Å²) in [6.45, 7) is 1.12. The van der Waals surface area contributed by atoms with Crippen LogP contribution in [0.1, 0.15) is 6.42 Å². The summed E-state index contributed by atoms with van der Waals surface area (Å²) in [4.78, 5) is 18.7. The Morgan fingerprint density at radius 1 is 0.974 bits per heavy atom. The molecule has 1 unspecified atom stereocenters. The number of nitrogens with zero attached hydrogens (tertiary/aromatic N) is 4. The molecule has 5 rings (SSSR count). The molecule has 1 aliphatic heterocycles. The number of hydrogen-bond donors (Lipinski definition) is 0. The first kappa shape index (κ1) is 25.9. The molecule has 14 heteroatoms. The van der Waals surface area contributed by atoms with Gasteiger partial charge in [0.2, 0.25) is 5.88 Å². The van der Waals surface area contributed by atoms with Crippen molar-refractivity contribution in [2.45, 2.75) is 25.4 Å². The second-order valence-corrected chi connectivity index (χ2v) is 8.39. The first-order valence-electron chi connectivity index (χ1n) is 11.7. The number of nitro groups is 1. The van der Waals surface area contributed by atoms with E-state index in [9.17, 15) is 23.3 Å². The molecule has 0 bridgehead atoms. The molecule has 1 aliphatic rings. The van der Waals surface area contributed by atoms with E-state index < -0.39 is 11.3 Å². The lowest BCUT2D eigenvalue weighted by Crippen LogP contribution is -2.31. The average Bonchev–Trinajstić information content (AvgIpc) is 3.34. The van der Waals surface area contributed by atoms with Gasteiger partial charge < -0.3 is 33.8 Å². The van der Waals surface area contributed by atoms with Crippen LogP contribution in [0.15, 0.2) is 60.8 Å². The first-order chi connectivity index (χ1) is 18.7. The van der Waals surface area contributed by atoms with E-state index in [0.29, 0.717) is 35.9 Å². The predicted octanol–water partition coefficient (Wildman–Crippen LogP) is 4.93. The van der Waals surface area contributed by atoms with E-state index in [1.165, 1.54) is 18.3 Å². The smallest absolute Gasteiger partial charge is 0.490 e. The van der Waals surface area contributed by atoms with Crippen molar-refractivity contribution in [1.29, 1.82) is 0 Å². The van der Waals surface area contributed by atoms with Gasteiger partial charge in [0.15, 0.2) is 0 Å². The van der Waals surface area contributed by atoms with Crippen molar-refractivity contribution in [3.8, 4) is 29.1 Å². The van der Waals surface area contributed by atoms with Crippen LogP contribution in [-0.2, 0) is 6.54 Å². The lowest BCUT2D eigenvalue weighted by molar-refractivity contribution is -0.389. The Kier molecular flexibility index (Phi) is 7.25. The number of imidazole rings is 1. The molecule has 0 radical (unpaired) electrons. The summed E-state index contributed by atoms with van der Waals surface area (Å²) < 4.78 is 64.8. The van der Waals surface area contributed by atoms with E-state index in [4.69, 9.17) is 18.9 Å². The molecule has 0 fully saturated rings. The van der Waals surface area contributed by atoms with Crippen molar-refractivity contribution in [2.24, 2.45) is 0 Å². The predicted molar refractivity (Wildman–Crippen MR) is 129 cm³/mol. The third kappa shape index (κ3) is 6.77. The standard InChI is InChI=1S/C25H21F3N4O7/c26-25(27,28)39-18-4-2-17(3-5-18)35-11-12-36-23-8-1-16-13-19(6-7-21(16)29-23)37-15-20-9-10-31-14-22(32(33)34)30-24(31)38-20/h1-8,13-14,20H,9-12,15H2. The number of aromatic nitrogens is 3. The Balaban J connectivity index is 1.09. The molecule has 1 atom stereocenters. The maximum atomic E-state index is 12.2. The molecule has 0 aliphatic carbocycles. The van der Waals surface area contributed by atoms with Gasteiger partial charge >= 0.3 is 18.2 Å². The van der Waals surface area contributed by atoms with Gasteiger partial charge in [0.25, 0.3) is 0 Å². The van der Waals surface area contributed by atoms with Crippen molar-refractivity contribution in [2.75, 3.05) is 19.8 Å². The molecule has 0 saturated heterocycles. The molecule has 11 nitrogen and oxygen atoms in total. The quantitative estimate of drug-likeness (QED) is 0.155. The summed E-state index contributed by atoms with van der Waals surface area (Å²) >= 11 is 0. The van der Waals surface area contributed by atoms with Gasteiger partial charge in [0.1, 0.15) is 49.4 Å². The fourth-order valence-electron chi connectivity index (χ4n) is 3.82. The topological polar surface area (TPSA) is 120 Å². The fraction of sp³-hybridized carbons (Fsp3) is 0.280. The number of hydrogen-bond acceptors (Lipinski definition) is 9. The van der Waals surface area contributed by atoms with Crippen LogP contribution in [0.4, 0.5) is 19.0 Å². The first-order valence-corrected chi connectivity index (χ1v) is 11.7. The summed E-state index contributed by atoms with van der Waals surface area (Å²) in [5.74, 6) is 0.786. The Morgan fingerprint density at radius 3 is 2.49 bits per heavy atom. The van der Waals surface area contributed by atoms with Crippen LogP contribution in [0.25, 0.3) is 10.9 Å². The minimum atomic E-state index is -4.75. The van der Waals surface area contributed by atoms with Crippen molar-refractivity contribution in [1.82, 2.24) is 14.5 Å². The average molecular weight is 546 g/mol. The van der Waals surface area contributed by atoms with Gasteiger partial charge in [-0.15, -0.1) is 13.2 Å². The molecule has 4 aromatic rings. The highest BCUT2D eigenvalue weighted by Crippen LogP contribution is 2.27. The zero-order valence-corrected chi connectivity index (χ0v) is 20.2. The summed E-state index contributed by atoms with van der Waals surface area (Å²) in [6.07, 6.45) is -3.06. The number of benzene rings is 2. The van der Waals surface area contributed by atoms with E-state index in [2.05, 4.69) is 14.7 Å². The van der Waals surface area contributed by atoms with E-state index in [1.807, 2.05) is 12.1 Å². The van der Waals surface area contributed by atoms with Crippen LogP contribution in [0, 0.1) is 10.1 Å². The third-order valence-corrected chi connectivity index (χ3v) is 5.61. The number of rotatable bonds is 10. The molecule has 2 aromatic carbocycles.